The van der Waals surface area contributed by atoms with E-state index in [4.69, 9.17) is 4.74 Å². The minimum absolute atomic E-state index is 0.0907. The predicted molar refractivity (Wildman–Crippen MR) is 79.9 cm³/mol. The second kappa shape index (κ2) is 5.69. The van der Waals surface area contributed by atoms with E-state index < -0.39 is 5.78 Å². The first kappa shape index (κ1) is 13.8. The summed E-state index contributed by atoms with van der Waals surface area (Å²) >= 11 is 0. The summed E-state index contributed by atoms with van der Waals surface area (Å²) in [6.45, 7) is 0. The molecule has 0 aliphatic heterocycles. The largest absolute Gasteiger partial charge is 0.507 e. The first-order valence-corrected chi connectivity index (χ1v) is 6.58. The zero-order valence-corrected chi connectivity index (χ0v) is 11.8. The molecular weight excluding hydrogens is 282 g/mol. The molecule has 22 heavy (non-hydrogen) atoms. The third-order valence-corrected chi connectivity index (χ3v) is 3.25. The Morgan fingerprint density at radius 2 is 1.95 bits per heavy atom. The van der Waals surface area contributed by atoms with Crippen LogP contribution in [0.3, 0.4) is 0 Å². The number of nitrogens with zero attached hydrogens (tertiary/aromatic N) is 2. The van der Waals surface area contributed by atoms with Crippen LogP contribution in [0.2, 0.25) is 0 Å². The van der Waals surface area contributed by atoms with Crippen LogP contribution < -0.4 is 4.74 Å². The number of rotatable bonds is 4. The van der Waals surface area contributed by atoms with Crippen molar-refractivity contribution in [2.75, 3.05) is 7.11 Å². The number of carbonyl (C=O) groups excluding carboxylic acids is 1. The number of aromatic nitrogens is 3. The van der Waals surface area contributed by atoms with E-state index in [0.29, 0.717) is 17.0 Å². The lowest BCUT2D eigenvalue weighted by atomic mass is 10.0. The zero-order valence-electron chi connectivity index (χ0n) is 11.8. The SMILES string of the molecule is COc1cccc(-c2n[nH]nc2C(=O)c2ccccc2O)c1. The van der Waals surface area contributed by atoms with E-state index in [9.17, 15) is 9.90 Å². The number of H-pyrrole nitrogens is 1. The number of benzene rings is 2. The molecule has 2 N–H and O–H groups in total. The summed E-state index contributed by atoms with van der Waals surface area (Å²) in [5, 5.41) is 20.3. The first-order chi connectivity index (χ1) is 10.7. The number of methoxy groups -OCH3 is 1. The Morgan fingerprint density at radius 1 is 1.14 bits per heavy atom. The zero-order chi connectivity index (χ0) is 15.5. The number of hydrogen-bond donors (Lipinski definition) is 2. The van der Waals surface area contributed by atoms with Crippen molar-refractivity contribution in [3.63, 3.8) is 0 Å². The van der Waals surface area contributed by atoms with Gasteiger partial charge in [0.15, 0.2) is 5.69 Å². The van der Waals surface area contributed by atoms with Crippen LogP contribution in [0, 0.1) is 0 Å². The Hall–Kier alpha value is -3.15. The highest BCUT2D eigenvalue weighted by atomic mass is 16.5. The van der Waals surface area contributed by atoms with Crippen LogP contribution in [-0.4, -0.2) is 33.4 Å². The maximum absolute atomic E-state index is 12.6. The average molecular weight is 295 g/mol. The highest BCUT2D eigenvalue weighted by Crippen LogP contribution is 2.27. The van der Waals surface area contributed by atoms with Crippen LogP contribution in [0.4, 0.5) is 0 Å². The molecule has 0 fully saturated rings. The van der Waals surface area contributed by atoms with Crippen molar-refractivity contribution in [2.45, 2.75) is 0 Å². The summed E-state index contributed by atoms with van der Waals surface area (Å²) in [6.07, 6.45) is 0. The number of nitrogens with one attached hydrogen (secondary N) is 1. The van der Waals surface area contributed by atoms with Crippen LogP contribution in [0.5, 0.6) is 11.5 Å². The second-order valence-corrected chi connectivity index (χ2v) is 4.60. The number of phenolic OH excluding ortho intramolecular Hbond substituents is 1. The molecule has 1 heterocycles. The van der Waals surface area contributed by atoms with Crippen molar-refractivity contribution in [1.29, 1.82) is 0 Å². The summed E-state index contributed by atoms with van der Waals surface area (Å²) in [4.78, 5) is 12.6. The molecule has 0 bridgehead atoms. The number of aromatic hydroxyl groups is 1. The maximum atomic E-state index is 12.6. The van der Waals surface area contributed by atoms with E-state index in [1.165, 1.54) is 6.07 Å². The molecule has 0 amide bonds. The number of ether oxygens (including phenoxy) is 1. The van der Waals surface area contributed by atoms with Gasteiger partial charge in [-0.2, -0.15) is 15.4 Å². The fraction of sp³-hybridized carbons (Fsp3) is 0.0625. The van der Waals surface area contributed by atoms with Crippen molar-refractivity contribution < 1.29 is 14.6 Å². The Kier molecular flexibility index (Phi) is 3.57. The molecule has 0 radical (unpaired) electrons. The molecule has 0 aliphatic carbocycles. The smallest absolute Gasteiger partial charge is 0.219 e. The van der Waals surface area contributed by atoms with Crippen molar-refractivity contribution in [3.05, 3.63) is 59.8 Å². The van der Waals surface area contributed by atoms with Crippen LogP contribution in [0.15, 0.2) is 48.5 Å². The molecule has 1 aromatic heterocycles. The summed E-state index contributed by atoms with van der Waals surface area (Å²) in [7, 11) is 1.57. The number of carbonyl (C=O) groups is 1. The van der Waals surface area contributed by atoms with Crippen molar-refractivity contribution in [3.8, 4) is 22.8 Å². The Labute approximate surface area is 126 Å². The Balaban J connectivity index is 2.05. The number of ketones is 1. The topological polar surface area (TPSA) is 88.1 Å². The van der Waals surface area contributed by atoms with Gasteiger partial charge in [0.05, 0.1) is 12.7 Å². The van der Waals surface area contributed by atoms with E-state index in [1.807, 2.05) is 6.07 Å². The summed E-state index contributed by atoms with van der Waals surface area (Å²) < 4.78 is 5.17. The third kappa shape index (κ3) is 2.42. The Morgan fingerprint density at radius 3 is 2.73 bits per heavy atom. The number of aromatic amines is 1. The summed E-state index contributed by atoms with van der Waals surface area (Å²) in [5.74, 6) is 0.165. The Bertz CT molecular complexity index is 827. The molecule has 2 aromatic carbocycles. The van der Waals surface area contributed by atoms with E-state index >= 15 is 0 Å². The van der Waals surface area contributed by atoms with Gasteiger partial charge in [-0.1, -0.05) is 24.3 Å². The highest BCUT2D eigenvalue weighted by molar-refractivity contribution is 6.12. The fourth-order valence-corrected chi connectivity index (χ4v) is 2.15. The third-order valence-electron chi connectivity index (χ3n) is 3.25. The molecule has 6 nitrogen and oxygen atoms in total. The van der Waals surface area contributed by atoms with Gasteiger partial charge in [0.1, 0.15) is 17.2 Å². The summed E-state index contributed by atoms with van der Waals surface area (Å²) in [6, 6.07) is 13.5. The molecule has 6 heteroatoms. The monoisotopic (exact) mass is 295 g/mol. The van der Waals surface area contributed by atoms with Crippen molar-refractivity contribution in [1.82, 2.24) is 15.4 Å². The van der Waals surface area contributed by atoms with Crippen LogP contribution in [0.25, 0.3) is 11.3 Å². The minimum atomic E-state index is -0.398. The molecule has 0 atom stereocenters. The van der Waals surface area contributed by atoms with Gasteiger partial charge >= 0.3 is 0 Å². The number of hydrogen-bond acceptors (Lipinski definition) is 5. The van der Waals surface area contributed by atoms with E-state index in [2.05, 4.69) is 15.4 Å². The average Bonchev–Trinajstić information content (AvgIpc) is 3.04. The van der Waals surface area contributed by atoms with E-state index in [-0.39, 0.29) is 17.0 Å². The molecule has 0 saturated carbocycles. The van der Waals surface area contributed by atoms with Crippen LogP contribution >= 0.6 is 0 Å². The van der Waals surface area contributed by atoms with Gasteiger partial charge in [-0.15, -0.1) is 0 Å². The normalized spacial score (nSPS) is 10.4. The lowest BCUT2D eigenvalue weighted by Gasteiger charge is -2.04. The highest BCUT2D eigenvalue weighted by Gasteiger charge is 2.21. The van der Waals surface area contributed by atoms with E-state index in [1.54, 1.807) is 43.5 Å². The standard InChI is InChI=1S/C16H13N3O3/c1-22-11-6-4-5-10(9-11)14-15(18-19-17-14)16(21)12-7-2-3-8-13(12)20/h2-9,20H,1H3,(H,17,18,19). The molecule has 110 valence electrons. The van der Waals surface area contributed by atoms with Crippen LogP contribution in [-0.2, 0) is 0 Å². The molecule has 0 spiro atoms. The van der Waals surface area contributed by atoms with Gasteiger partial charge in [0, 0.05) is 5.56 Å². The van der Waals surface area contributed by atoms with Gasteiger partial charge in [-0.05, 0) is 24.3 Å². The lowest BCUT2D eigenvalue weighted by Crippen LogP contribution is -2.04. The lowest BCUT2D eigenvalue weighted by molar-refractivity contribution is 0.103. The van der Waals surface area contributed by atoms with Gasteiger partial charge in [-0.25, -0.2) is 0 Å². The van der Waals surface area contributed by atoms with Gasteiger partial charge in [0.2, 0.25) is 5.78 Å². The predicted octanol–water partition coefficient (Wildman–Crippen LogP) is 2.42. The first-order valence-electron chi connectivity index (χ1n) is 6.58. The molecule has 0 saturated heterocycles. The maximum Gasteiger partial charge on any atom is 0.219 e. The van der Waals surface area contributed by atoms with Gasteiger partial charge in [0.25, 0.3) is 0 Å². The van der Waals surface area contributed by atoms with Crippen molar-refractivity contribution >= 4 is 5.78 Å². The molecule has 0 aliphatic rings. The van der Waals surface area contributed by atoms with Crippen LogP contribution in [0.1, 0.15) is 16.1 Å². The molecule has 3 rings (SSSR count). The van der Waals surface area contributed by atoms with Gasteiger partial charge in [-0.3, -0.25) is 4.79 Å². The van der Waals surface area contributed by atoms with Gasteiger partial charge < -0.3 is 9.84 Å². The second-order valence-electron chi connectivity index (χ2n) is 4.60. The molecule has 3 aromatic rings. The quantitative estimate of drug-likeness (QED) is 0.722. The summed E-state index contributed by atoms with van der Waals surface area (Å²) in [5.41, 5.74) is 1.44. The molecular formula is C16H13N3O3. The number of phenols is 1. The molecule has 0 unspecified atom stereocenters. The van der Waals surface area contributed by atoms with Crippen molar-refractivity contribution in [2.24, 2.45) is 0 Å². The fourth-order valence-electron chi connectivity index (χ4n) is 2.15. The minimum Gasteiger partial charge on any atom is -0.507 e. The number of para-hydroxylation sites is 1. The van der Waals surface area contributed by atoms with E-state index in [0.717, 1.165) is 0 Å².